The summed E-state index contributed by atoms with van der Waals surface area (Å²) in [5.74, 6) is 2.01. The number of hydrogen-bond donors (Lipinski definition) is 0. The number of methoxy groups -OCH3 is 1. The summed E-state index contributed by atoms with van der Waals surface area (Å²) in [6.45, 7) is 2.37. The summed E-state index contributed by atoms with van der Waals surface area (Å²) in [7, 11) is 1.64. The van der Waals surface area contributed by atoms with Gasteiger partial charge in [0.2, 0.25) is 11.7 Å². The van der Waals surface area contributed by atoms with Crippen LogP contribution in [0.4, 0.5) is 0 Å². The lowest BCUT2D eigenvalue weighted by molar-refractivity contribution is 0.328. The van der Waals surface area contributed by atoms with E-state index in [-0.39, 0.29) is 0 Å². The molecule has 3 aromatic heterocycles. The van der Waals surface area contributed by atoms with Gasteiger partial charge in [0.1, 0.15) is 5.75 Å². The van der Waals surface area contributed by atoms with E-state index in [2.05, 4.69) is 20.1 Å². The Morgan fingerprint density at radius 1 is 1.00 bits per heavy atom. The molecule has 7 heteroatoms. The van der Waals surface area contributed by atoms with Crippen LogP contribution in [0.1, 0.15) is 6.92 Å². The van der Waals surface area contributed by atoms with Crippen molar-refractivity contribution in [1.29, 1.82) is 0 Å². The molecule has 0 aliphatic rings. The van der Waals surface area contributed by atoms with Gasteiger partial charge in [-0.3, -0.25) is 4.98 Å². The van der Waals surface area contributed by atoms with Gasteiger partial charge in [0, 0.05) is 18.0 Å². The standard InChI is InChI=1S/C21H18N4O3/c1-3-27-21-17(19-24-20(28-25-19)15-7-5-11-22-13-15)9-10-18(23-21)14-6-4-8-16(12-14)26-2/h4-13H,3H2,1-2H3. The molecule has 1 aromatic carbocycles. The Labute approximate surface area is 162 Å². The molecule has 0 aliphatic carbocycles. The smallest absolute Gasteiger partial charge is 0.259 e. The van der Waals surface area contributed by atoms with Crippen molar-refractivity contribution in [3.8, 4) is 45.7 Å². The van der Waals surface area contributed by atoms with Crippen LogP contribution in [0.5, 0.6) is 11.6 Å². The lowest BCUT2D eigenvalue weighted by Crippen LogP contribution is -1.99. The molecule has 28 heavy (non-hydrogen) atoms. The van der Waals surface area contributed by atoms with Crippen molar-refractivity contribution in [2.75, 3.05) is 13.7 Å². The predicted octanol–water partition coefficient (Wildman–Crippen LogP) is 4.27. The third-order valence-corrected chi connectivity index (χ3v) is 4.08. The molecule has 0 atom stereocenters. The van der Waals surface area contributed by atoms with E-state index in [4.69, 9.17) is 14.0 Å². The van der Waals surface area contributed by atoms with E-state index in [1.165, 1.54) is 0 Å². The molecule has 0 unspecified atom stereocenters. The molecular formula is C21H18N4O3. The number of pyridine rings is 2. The molecular weight excluding hydrogens is 356 g/mol. The first kappa shape index (κ1) is 17.7. The topological polar surface area (TPSA) is 83.2 Å². The highest BCUT2D eigenvalue weighted by molar-refractivity contribution is 5.69. The molecule has 140 valence electrons. The SMILES string of the molecule is CCOc1nc(-c2cccc(OC)c2)ccc1-c1noc(-c2cccnc2)n1. The lowest BCUT2D eigenvalue weighted by atomic mass is 10.1. The largest absolute Gasteiger partial charge is 0.497 e. The van der Waals surface area contributed by atoms with Crippen LogP contribution in [0.2, 0.25) is 0 Å². The van der Waals surface area contributed by atoms with E-state index >= 15 is 0 Å². The highest BCUT2D eigenvalue weighted by Gasteiger charge is 2.17. The maximum atomic E-state index is 5.75. The Bertz CT molecular complexity index is 1080. The van der Waals surface area contributed by atoms with Gasteiger partial charge in [-0.2, -0.15) is 4.98 Å². The number of aromatic nitrogens is 4. The van der Waals surface area contributed by atoms with Crippen LogP contribution in [-0.2, 0) is 0 Å². The number of ether oxygens (including phenoxy) is 2. The molecule has 3 heterocycles. The molecule has 4 aromatic rings. The third-order valence-electron chi connectivity index (χ3n) is 4.08. The van der Waals surface area contributed by atoms with E-state index in [1.54, 1.807) is 19.5 Å². The highest BCUT2D eigenvalue weighted by Crippen LogP contribution is 2.32. The summed E-state index contributed by atoms with van der Waals surface area (Å²) in [6.07, 6.45) is 3.36. The molecule has 0 spiro atoms. The van der Waals surface area contributed by atoms with Crippen molar-refractivity contribution in [2.45, 2.75) is 6.92 Å². The molecule has 0 saturated heterocycles. The fourth-order valence-corrected chi connectivity index (χ4v) is 2.74. The molecule has 0 fully saturated rings. The van der Waals surface area contributed by atoms with E-state index < -0.39 is 0 Å². The lowest BCUT2D eigenvalue weighted by Gasteiger charge is -2.09. The molecule has 7 nitrogen and oxygen atoms in total. The Morgan fingerprint density at radius 3 is 2.68 bits per heavy atom. The highest BCUT2D eigenvalue weighted by atomic mass is 16.5. The van der Waals surface area contributed by atoms with Gasteiger partial charge < -0.3 is 14.0 Å². The summed E-state index contributed by atoms with van der Waals surface area (Å²) in [4.78, 5) is 13.2. The quantitative estimate of drug-likeness (QED) is 0.498. The van der Waals surface area contributed by atoms with Crippen LogP contribution in [0.25, 0.3) is 34.1 Å². The van der Waals surface area contributed by atoms with Crippen molar-refractivity contribution >= 4 is 0 Å². The van der Waals surface area contributed by atoms with Crippen LogP contribution in [0.3, 0.4) is 0 Å². The Balaban J connectivity index is 1.72. The second-order valence-electron chi connectivity index (χ2n) is 5.88. The summed E-state index contributed by atoms with van der Waals surface area (Å²) < 4.78 is 16.4. The minimum atomic E-state index is 0.391. The monoisotopic (exact) mass is 374 g/mol. The summed E-state index contributed by atoms with van der Waals surface area (Å²) in [6, 6.07) is 15.1. The number of benzene rings is 1. The van der Waals surface area contributed by atoms with Crippen molar-refractivity contribution in [2.24, 2.45) is 0 Å². The fraction of sp³-hybridized carbons (Fsp3) is 0.143. The van der Waals surface area contributed by atoms with Gasteiger partial charge in [-0.05, 0) is 43.3 Å². The maximum absolute atomic E-state index is 5.75. The maximum Gasteiger partial charge on any atom is 0.259 e. The molecule has 0 radical (unpaired) electrons. The summed E-state index contributed by atoms with van der Waals surface area (Å²) >= 11 is 0. The first-order valence-corrected chi connectivity index (χ1v) is 8.81. The second-order valence-corrected chi connectivity index (χ2v) is 5.88. The molecule has 0 aliphatic heterocycles. The average Bonchev–Trinajstić information content (AvgIpc) is 3.25. The molecule has 0 N–H and O–H groups in total. The van der Waals surface area contributed by atoms with Crippen molar-refractivity contribution in [3.63, 3.8) is 0 Å². The van der Waals surface area contributed by atoms with Gasteiger partial charge >= 0.3 is 0 Å². The summed E-state index contributed by atoms with van der Waals surface area (Å²) in [5, 5.41) is 4.08. The molecule has 0 amide bonds. The van der Waals surface area contributed by atoms with E-state index in [0.717, 1.165) is 22.6 Å². The first-order valence-electron chi connectivity index (χ1n) is 8.81. The number of rotatable bonds is 6. The Morgan fingerprint density at radius 2 is 1.89 bits per heavy atom. The fourth-order valence-electron chi connectivity index (χ4n) is 2.74. The van der Waals surface area contributed by atoms with E-state index in [1.807, 2.05) is 55.5 Å². The zero-order valence-electron chi connectivity index (χ0n) is 15.5. The van der Waals surface area contributed by atoms with E-state index in [0.29, 0.717) is 29.8 Å². The van der Waals surface area contributed by atoms with Gasteiger partial charge in [-0.25, -0.2) is 4.98 Å². The Hall–Kier alpha value is -3.74. The minimum absolute atomic E-state index is 0.391. The number of hydrogen-bond acceptors (Lipinski definition) is 7. The number of nitrogens with zero attached hydrogens (tertiary/aromatic N) is 4. The van der Waals surface area contributed by atoms with Gasteiger partial charge in [0.25, 0.3) is 5.89 Å². The van der Waals surface area contributed by atoms with Crippen LogP contribution in [0.15, 0.2) is 65.4 Å². The van der Waals surface area contributed by atoms with Gasteiger partial charge in [-0.1, -0.05) is 17.3 Å². The average molecular weight is 374 g/mol. The predicted molar refractivity (Wildman–Crippen MR) is 104 cm³/mol. The van der Waals surface area contributed by atoms with Crippen molar-refractivity contribution < 1.29 is 14.0 Å². The van der Waals surface area contributed by atoms with Gasteiger partial charge in [-0.15, -0.1) is 0 Å². The third kappa shape index (κ3) is 3.55. The van der Waals surface area contributed by atoms with Crippen LogP contribution < -0.4 is 9.47 Å². The Kier molecular flexibility index (Phi) is 4.97. The van der Waals surface area contributed by atoms with Crippen molar-refractivity contribution in [1.82, 2.24) is 20.1 Å². The minimum Gasteiger partial charge on any atom is -0.497 e. The van der Waals surface area contributed by atoms with Gasteiger partial charge in [0.05, 0.1) is 30.5 Å². The van der Waals surface area contributed by atoms with Crippen LogP contribution >= 0.6 is 0 Å². The zero-order valence-corrected chi connectivity index (χ0v) is 15.5. The van der Waals surface area contributed by atoms with E-state index in [9.17, 15) is 0 Å². The zero-order chi connectivity index (χ0) is 19.3. The first-order chi connectivity index (χ1) is 13.8. The molecule has 0 bridgehead atoms. The van der Waals surface area contributed by atoms with Crippen LogP contribution in [-0.4, -0.2) is 33.8 Å². The summed E-state index contributed by atoms with van der Waals surface area (Å²) in [5.41, 5.74) is 3.10. The van der Waals surface area contributed by atoms with Gasteiger partial charge in [0.15, 0.2) is 0 Å². The van der Waals surface area contributed by atoms with Crippen molar-refractivity contribution in [3.05, 3.63) is 60.9 Å². The molecule has 4 rings (SSSR count). The molecule has 0 saturated carbocycles. The normalized spacial score (nSPS) is 10.6. The second kappa shape index (κ2) is 7.87. The van der Waals surface area contributed by atoms with Crippen LogP contribution in [0, 0.1) is 0 Å².